The van der Waals surface area contributed by atoms with Gasteiger partial charge in [0.15, 0.2) is 0 Å². The van der Waals surface area contributed by atoms with E-state index in [1.54, 1.807) is 7.05 Å². The first kappa shape index (κ1) is 14.4. The van der Waals surface area contributed by atoms with E-state index in [9.17, 15) is 4.79 Å². The Labute approximate surface area is 108 Å². The van der Waals surface area contributed by atoms with E-state index in [4.69, 9.17) is 5.73 Å². The van der Waals surface area contributed by atoms with Gasteiger partial charge in [0.05, 0.1) is 0 Å². The Morgan fingerprint density at radius 3 is 2.72 bits per heavy atom. The number of nitrogens with two attached hydrogens (primary N) is 1. The summed E-state index contributed by atoms with van der Waals surface area (Å²) in [6, 6.07) is 2.03. The number of anilines is 1. The summed E-state index contributed by atoms with van der Waals surface area (Å²) in [6.45, 7) is 5.08. The highest BCUT2D eigenvalue weighted by atomic mass is 16.1. The topological polar surface area (TPSA) is 71.2 Å². The molecule has 1 amide bonds. The summed E-state index contributed by atoms with van der Waals surface area (Å²) in [6.07, 6.45) is 0.450. The van der Waals surface area contributed by atoms with E-state index in [0.717, 1.165) is 22.6 Å². The monoisotopic (exact) mass is 250 g/mol. The second-order valence-electron chi connectivity index (χ2n) is 4.43. The maximum absolute atomic E-state index is 11.3. The molecule has 3 N–H and O–H groups in total. The van der Waals surface area contributed by atoms with Crippen LogP contribution >= 0.6 is 0 Å². The second-order valence-corrected chi connectivity index (χ2v) is 4.43. The van der Waals surface area contributed by atoms with Crippen molar-refractivity contribution in [2.45, 2.75) is 26.8 Å². The highest BCUT2D eigenvalue weighted by molar-refractivity contribution is 5.76. The molecule has 18 heavy (non-hydrogen) atoms. The van der Waals surface area contributed by atoms with Crippen molar-refractivity contribution in [2.75, 3.05) is 25.5 Å². The predicted molar refractivity (Wildman–Crippen MR) is 73.6 cm³/mol. The minimum atomic E-state index is 0.0283. The van der Waals surface area contributed by atoms with Gasteiger partial charge in [-0.25, -0.2) is 4.98 Å². The average molecular weight is 250 g/mol. The van der Waals surface area contributed by atoms with Gasteiger partial charge in [0.25, 0.3) is 0 Å². The van der Waals surface area contributed by atoms with Gasteiger partial charge in [0.1, 0.15) is 5.82 Å². The Kier molecular flexibility index (Phi) is 5.09. The van der Waals surface area contributed by atoms with Crippen molar-refractivity contribution >= 4 is 11.7 Å². The van der Waals surface area contributed by atoms with Crippen LogP contribution in [0, 0.1) is 13.8 Å². The van der Waals surface area contributed by atoms with Crippen molar-refractivity contribution in [3.63, 3.8) is 0 Å². The number of aromatic nitrogens is 1. The van der Waals surface area contributed by atoms with Crippen LogP contribution in [-0.2, 0) is 11.3 Å². The third-order valence-corrected chi connectivity index (χ3v) is 2.97. The Morgan fingerprint density at radius 1 is 1.50 bits per heavy atom. The van der Waals surface area contributed by atoms with Crippen LogP contribution in [0.5, 0.6) is 0 Å². The Balaban J connectivity index is 2.90. The predicted octanol–water partition coefficient (Wildman–Crippen LogP) is 0.729. The van der Waals surface area contributed by atoms with Crippen LogP contribution in [0.3, 0.4) is 0 Å². The molecule has 100 valence electrons. The smallest absolute Gasteiger partial charge is 0.221 e. The van der Waals surface area contributed by atoms with E-state index in [1.165, 1.54) is 0 Å². The lowest BCUT2D eigenvalue weighted by atomic mass is 10.1. The highest BCUT2D eigenvalue weighted by Crippen LogP contribution is 2.21. The molecular formula is C13H22N4O. The minimum Gasteiger partial charge on any atom is -0.359 e. The zero-order valence-corrected chi connectivity index (χ0v) is 11.6. The van der Waals surface area contributed by atoms with Gasteiger partial charge in [-0.15, -0.1) is 0 Å². The normalized spacial score (nSPS) is 10.3. The lowest BCUT2D eigenvalue weighted by Gasteiger charge is -2.22. The minimum absolute atomic E-state index is 0.0283. The van der Waals surface area contributed by atoms with Crippen LogP contribution < -0.4 is 16.0 Å². The van der Waals surface area contributed by atoms with E-state index in [-0.39, 0.29) is 5.91 Å². The highest BCUT2D eigenvalue weighted by Gasteiger charge is 2.12. The maximum atomic E-state index is 11.3. The fourth-order valence-corrected chi connectivity index (χ4v) is 1.91. The molecule has 0 aliphatic rings. The summed E-state index contributed by atoms with van der Waals surface area (Å²) < 4.78 is 0. The molecule has 0 aliphatic heterocycles. The number of carbonyl (C=O) groups is 1. The second kappa shape index (κ2) is 6.35. The standard InChI is InChI=1S/C13H22N4O/c1-9-7-10(2)16-13(11(9)8-14)17(4)6-5-12(18)15-3/h7H,5-6,8,14H2,1-4H3,(H,15,18). The van der Waals surface area contributed by atoms with Crippen molar-refractivity contribution in [1.82, 2.24) is 10.3 Å². The Bertz CT molecular complexity index is 431. The summed E-state index contributed by atoms with van der Waals surface area (Å²) in [5, 5.41) is 2.61. The summed E-state index contributed by atoms with van der Waals surface area (Å²) in [5.74, 6) is 0.902. The van der Waals surface area contributed by atoms with Crippen LogP contribution in [-0.4, -0.2) is 31.5 Å². The van der Waals surface area contributed by atoms with Gasteiger partial charge in [-0.2, -0.15) is 0 Å². The van der Waals surface area contributed by atoms with Crippen LogP contribution in [0.4, 0.5) is 5.82 Å². The van der Waals surface area contributed by atoms with E-state index in [1.807, 2.05) is 31.9 Å². The van der Waals surface area contributed by atoms with Gasteiger partial charge in [-0.1, -0.05) is 0 Å². The van der Waals surface area contributed by atoms with Crippen molar-refractivity contribution in [1.29, 1.82) is 0 Å². The first-order valence-corrected chi connectivity index (χ1v) is 6.08. The summed E-state index contributed by atoms with van der Waals surface area (Å²) in [4.78, 5) is 17.8. The third-order valence-electron chi connectivity index (χ3n) is 2.97. The molecule has 0 bridgehead atoms. The van der Waals surface area contributed by atoms with Crippen molar-refractivity contribution in [3.05, 3.63) is 22.9 Å². The number of amides is 1. The quantitative estimate of drug-likeness (QED) is 0.808. The van der Waals surface area contributed by atoms with E-state index in [2.05, 4.69) is 10.3 Å². The summed E-state index contributed by atoms with van der Waals surface area (Å²) >= 11 is 0. The molecule has 0 fully saturated rings. The Hall–Kier alpha value is -1.62. The number of pyridine rings is 1. The molecule has 1 heterocycles. The molecular weight excluding hydrogens is 228 g/mol. The van der Waals surface area contributed by atoms with E-state index in [0.29, 0.717) is 19.5 Å². The van der Waals surface area contributed by atoms with Crippen LogP contribution in [0.2, 0.25) is 0 Å². The summed E-state index contributed by atoms with van der Waals surface area (Å²) in [7, 11) is 3.58. The van der Waals surface area contributed by atoms with Crippen molar-refractivity contribution in [2.24, 2.45) is 5.73 Å². The molecule has 5 nitrogen and oxygen atoms in total. The largest absolute Gasteiger partial charge is 0.359 e. The number of hydrogen-bond donors (Lipinski definition) is 2. The summed E-state index contributed by atoms with van der Waals surface area (Å²) in [5.41, 5.74) is 8.93. The van der Waals surface area contributed by atoms with Crippen molar-refractivity contribution < 1.29 is 4.79 Å². The maximum Gasteiger partial charge on any atom is 0.221 e. The number of rotatable bonds is 5. The van der Waals surface area contributed by atoms with Crippen LogP contribution in [0.15, 0.2) is 6.07 Å². The molecule has 5 heteroatoms. The molecule has 1 aromatic rings. The number of aryl methyl sites for hydroxylation is 2. The van der Waals surface area contributed by atoms with Gasteiger partial charge < -0.3 is 16.0 Å². The van der Waals surface area contributed by atoms with E-state index < -0.39 is 0 Å². The van der Waals surface area contributed by atoms with E-state index >= 15 is 0 Å². The van der Waals surface area contributed by atoms with Gasteiger partial charge in [-0.3, -0.25) is 4.79 Å². The molecule has 0 radical (unpaired) electrons. The van der Waals surface area contributed by atoms with Gasteiger partial charge in [-0.05, 0) is 25.5 Å². The van der Waals surface area contributed by atoms with Gasteiger partial charge in [0.2, 0.25) is 5.91 Å². The average Bonchev–Trinajstić information content (AvgIpc) is 2.34. The molecule has 0 aliphatic carbocycles. The number of nitrogens with one attached hydrogen (secondary N) is 1. The SMILES string of the molecule is CNC(=O)CCN(C)c1nc(C)cc(C)c1CN. The van der Waals surface area contributed by atoms with Crippen LogP contribution in [0.25, 0.3) is 0 Å². The fourth-order valence-electron chi connectivity index (χ4n) is 1.91. The number of carbonyl (C=O) groups excluding carboxylic acids is 1. The number of hydrogen-bond acceptors (Lipinski definition) is 4. The van der Waals surface area contributed by atoms with Crippen molar-refractivity contribution in [3.8, 4) is 0 Å². The fraction of sp³-hybridized carbons (Fsp3) is 0.538. The van der Waals surface area contributed by atoms with Crippen LogP contribution in [0.1, 0.15) is 23.2 Å². The lowest BCUT2D eigenvalue weighted by Crippen LogP contribution is -2.28. The molecule has 0 saturated heterocycles. The zero-order valence-electron chi connectivity index (χ0n) is 11.6. The molecule has 0 aromatic carbocycles. The van der Waals surface area contributed by atoms with Gasteiger partial charge >= 0.3 is 0 Å². The Morgan fingerprint density at radius 2 is 2.17 bits per heavy atom. The molecule has 0 spiro atoms. The third kappa shape index (κ3) is 3.43. The van der Waals surface area contributed by atoms with Gasteiger partial charge in [0, 0.05) is 44.9 Å². The lowest BCUT2D eigenvalue weighted by molar-refractivity contribution is -0.120. The molecule has 0 unspecified atom stereocenters. The zero-order chi connectivity index (χ0) is 13.7. The number of nitrogens with zero attached hydrogens (tertiary/aromatic N) is 2. The molecule has 1 aromatic heterocycles. The molecule has 0 saturated carbocycles. The molecule has 0 atom stereocenters. The first-order valence-electron chi connectivity index (χ1n) is 6.08. The first-order chi connectivity index (χ1) is 8.49. The molecule has 1 rings (SSSR count).